The summed E-state index contributed by atoms with van der Waals surface area (Å²) in [5.41, 5.74) is -5.13. The summed E-state index contributed by atoms with van der Waals surface area (Å²) in [7, 11) is 0. The van der Waals surface area contributed by atoms with Crippen LogP contribution in [0.4, 0.5) is 0 Å². The summed E-state index contributed by atoms with van der Waals surface area (Å²) in [5.74, 6) is -5.81. The second kappa shape index (κ2) is 6.83. The summed E-state index contributed by atoms with van der Waals surface area (Å²) < 4.78 is 11.1. The SMILES string of the molecule is CC(=O)O[C@@H]1[C@H]2C(C)=CC(=O)[C@@H](O)[C@]2(C)[C@H]2[C@@H](O)[C@H](O)[C@H](C)[C@]3(O)[C@@H](O)C(=O)O[C@H]1[C@]23C. The van der Waals surface area contributed by atoms with Crippen molar-refractivity contribution in [1.29, 1.82) is 0 Å². The zero-order valence-electron chi connectivity index (χ0n) is 18.6. The molecule has 1 heterocycles. The van der Waals surface area contributed by atoms with Crippen molar-refractivity contribution in [3.05, 3.63) is 11.6 Å². The van der Waals surface area contributed by atoms with Crippen LogP contribution in [0, 0.1) is 28.6 Å². The Hall–Kier alpha value is -1.85. The molecule has 10 nitrogen and oxygen atoms in total. The van der Waals surface area contributed by atoms with Crippen molar-refractivity contribution in [3.63, 3.8) is 0 Å². The van der Waals surface area contributed by atoms with Gasteiger partial charge in [0.1, 0.15) is 23.9 Å². The van der Waals surface area contributed by atoms with E-state index in [0.29, 0.717) is 5.57 Å². The molecule has 0 aromatic heterocycles. The van der Waals surface area contributed by atoms with E-state index in [1.807, 2.05) is 0 Å². The molecule has 1 saturated heterocycles. The molecule has 0 unspecified atom stereocenters. The van der Waals surface area contributed by atoms with Crippen LogP contribution < -0.4 is 0 Å². The molecule has 0 spiro atoms. The molecule has 12 atom stereocenters. The highest BCUT2D eigenvalue weighted by molar-refractivity contribution is 5.96. The maximum Gasteiger partial charge on any atom is 0.338 e. The number of rotatable bonds is 1. The van der Waals surface area contributed by atoms with Crippen LogP contribution in [0.2, 0.25) is 0 Å². The van der Waals surface area contributed by atoms with Crippen molar-refractivity contribution in [1.82, 2.24) is 0 Å². The first kappa shape index (κ1) is 23.3. The molecule has 0 radical (unpaired) electrons. The van der Waals surface area contributed by atoms with Gasteiger partial charge in [-0.1, -0.05) is 26.3 Å². The first-order valence-corrected chi connectivity index (χ1v) is 10.7. The summed E-state index contributed by atoms with van der Waals surface area (Å²) in [4.78, 5) is 37.4. The fourth-order valence-corrected chi connectivity index (χ4v) is 7.54. The number of hydrogen-bond donors (Lipinski definition) is 5. The van der Waals surface area contributed by atoms with E-state index in [1.54, 1.807) is 6.92 Å². The van der Waals surface area contributed by atoms with Crippen LogP contribution in [-0.4, -0.2) is 85.5 Å². The van der Waals surface area contributed by atoms with Crippen molar-refractivity contribution in [3.8, 4) is 0 Å². The lowest BCUT2D eigenvalue weighted by Gasteiger charge is -2.72. The van der Waals surface area contributed by atoms with Gasteiger partial charge < -0.3 is 35.0 Å². The Labute approximate surface area is 184 Å². The third-order valence-corrected chi connectivity index (χ3v) is 8.87. The molecule has 178 valence electrons. The second-order valence-electron chi connectivity index (χ2n) is 10.2. The van der Waals surface area contributed by atoms with Gasteiger partial charge in [0.05, 0.1) is 12.2 Å². The molecule has 32 heavy (non-hydrogen) atoms. The molecule has 0 aromatic rings. The van der Waals surface area contributed by atoms with E-state index in [9.17, 15) is 39.9 Å². The third kappa shape index (κ3) is 2.39. The van der Waals surface area contributed by atoms with Gasteiger partial charge in [-0.25, -0.2) is 4.79 Å². The minimum Gasteiger partial charge on any atom is -0.458 e. The van der Waals surface area contributed by atoms with Crippen LogP contribution in [0.15, 0.2) is 11.6 Å². The maximum atomic E-state index is 12.7. The molecule has 2 saturated carbocycles. The molecular formula is C22H30O10. The number of fused-ring (bicyclic) bond motifs is 2. The van der Waals surface area contributed by atoms with Crippen LogP contribution in [0.1, 0.15) is 34.6 Å². The number of hydrogen-bond acceptors (Lipinski definition) is 10. The first-order chi connectivity index (χ1) is 14.7. The average molecular weight is 454 g/mol. The van der Waals surface area contributed by atoms with Crippen molar-refractivity contribution in [2.24, 2.45) is 28.6 Å². The van der Waals surface area contributed by atoms with Gasteiger partial charge in [-0.3, -0.25) is 9.59 Å². The van der Waals surface area contributed by atoms with E-state index in [1.165, 1.54) is 26.8 Å². The van der Waals surface area contributed by atoms with Gasteiger partial charge in [0.2, 0.25) is 0 Å². The van der Waals surface area contributed by atoms with Crippen molar-refractivity contribution in [2.45, 2.75) is 76.8 Å². The zero-order valence-corrected chi connectivity index (χ0v) is 18.6. The molecule has 1 aliphatic heterocycles. The quantitative estimate of drug-likeness (QED) is 0.292. The highest BCUT2D eigenvalue weighted by Crippen LogP contribution is 2.69. The number of ketones is 1. The fourth-order valence-electron chi connectivity index (χ4n) is 7.54. The molecule has 0 aromatic carbocycles. The Kier molecular flexibility index (Phi) is 4.98. The van der Waals surface area contributed by atoms with E-state index >= 15 is 0 Å². The van der Waals surface area contributed by atoms with Gasteiger partial charge in [0.15, 0.2) is 11.9 Å². The zero-order chi connectivity index (χ0) is 24.1. The number of esters is 2. The van der Waals surface area contributed by atoms with Crippen molar-refractivity contribution < 1.29 is 49.4 Å². The van der Waals surface area contributed by atoms with Crippen molar-refractivity contribution >= 4 is 17.7 Å². The molecule has 0 amide bonds. The van der Waals surface area contributed by atoms with Crippen LogP contribution in [0.25, 0.3) is 0 Å². The Morgan fingerprint density at radius 1 is 1.09 bits per heavy atom. The van der Waals surface area contributed by atoms with Crippen molar-refractivity contribution in [2.75, 3.05) is 0 Å². The molecule has 10 heteroatoms. The summed E-state index contributed by atoms with van der Waals surface area (Å²) in [6.45, 7) is 7.13. The number of carbonyl (C=O) groups excluding carboxylic acids is 3. The minimum absolute atomic E-state index is 0.433. The van der Waals surface area contributed by atoms with Gasteiger partial charge in [-0.15, -0.1) is 0 Å². The Balaban J connectivity index is 2.08. The Morgan fingerprint density at radius 3 is 2.25 bits per heavy atom. The highest BCUT2D eigenvalue weighted by Gasteiger charge is 2.82. The van der Waals surface area contributed by atoms with E-state index in [0.717, 1.165) is 6.92 Å². The Bertz CT molecular complexity index is 914. The van der Waals surface area contributed by atoms with E-state index in [4.69, 9.17) is 9.47 Å². The predicted molar refractivity (Wildman–Crippen MR) is 106 cm³/mol. The molecule has 3 aliphatic carbocycles. The minimum atomic E-state index is -2.32. The lowest BCUT2D eigenvalue weighted by Crippen LogP contribution is -2.86. The summed E-state index contributed by atoms with van der Waals surface area (Å²) in [5, 5.41) is 55.9. The highest BCUT2D eigenvalue weighted by atomic mass is 16.6. The molecule has 5 N–H and O–H groups in total. The van der Waals surface area contributed by atoms with E-state index < -0.39 is 88.5 Å². The topological polar surface area (TPSA) is 171 Å². The first-order valence-electron chi connectivity index (χ1n) is 10.7. The van der Waals surface area contributed by atoms with Crippen LogP contribution in [-0.2, 0) is 23.9 Å². The van der Waals surface area contributed by atoms with Gasteiger partial charge in [-0.05, 0) is 13.0 Å². The summed E-state index contributed by atoms with van der Waals surface area (Å²) >= 11 is 0. The van der Waals surface area contributed by atoms with Crippen LogP contribution in [0.5, 0.6) is 0 Å². The third-order valence-electron chi connectivity index (χ3n) is 8.87. The molecule has 0 bridgehead atoms. The van der Waals surface area contributed by atoms with Crippen LogP contribution in [0.3, 0.4) is 0 Å². The standard InChI is InChI=1S/C22H30O10/c1-7-6-10(24)16(27)20(4)11(7)14(31-9(3)23)18-21(5)15(20)13(26)12(25)8(2)22(21,30)17(28)19(29)32-18/h6,8,11-18,25-28,30H,1-5H3/t8-,11+,12+,13-,14+,15+,16+,17-,18+,20-,21-,22-/m0/s1. The number of ether oxygens (including phenoxy) is 2. The number of aliphatic hydroxyl groups excluding tert-OH is 4. The lowest BCUT2D eigenvalue weighted by molar-refractivity contribution is -0.372. The molecule has 4 aliphatic rings. The van der Waals surface area contributed by atoms with Gasteiger partial charge in [0.25, 0.3) is 0 Å². The number of carbonyl (C=O) groups is 3. The number of aliphatic hydroxyl groups is 5. The lowest BCUT2D eigenvalue weighted by atomic mass is 9.36. The van der Waals surface area contributed by atoms with E-state index in [2.05, 4.69) is 0 Å². The fraction of sp³-hybridized carbons (Fsp3) is 0.773. The predicted octanol–water partition coefficient (Wildman–Crippen LogP) is -1.54. The molecule has 3 fully saturated rings. The molecule has 4 rings (SSSR count). The summed E-state index contributed by atoms with van der Waals surface area (Å²) in [6.07, 6.45) is -8.23. The van der Waals surface area contributed by atoms with Crippen LogP contribution >= 0.6 is 0 Å². The largest absolute Gasteiger partial charge is 0.458 e. The normalized spacial score (nSPS) is 54.7. The van der Waals surface area contributed by atoms with Gasteiger partial charge in [-0.2, -0.15) is 0 Å². The van der Waals surface area contributed by atoms with Gasteiger partial charge in [0, 0.05) is 35.5 Å². The monoisotopic (exact) mass is 454 g/mol. The summed E-state index contributed by atoms with van der Waals surface area (Å²) in [6, 6.07) is 0. The smallest absolute Gasteiger partial charge is 0.338 e. The van der Waals surface area contributed by atoms with Gasteiger partial charge >= 0.3 is 11.9 Å². The average Bonchev–Trinajstić information content (AvgIpc) is 2.69. The van der Waals surface area contributed by atoms with E-state index in [-0.39, 0.29) is 0 Å². The second-order valence-corrected chi connectivity index (χ2v) is 10.2. The maximum absolute atomic E-state index is 12.7. The molecular weight excluding hydrogens is 424 g/mol. The Morgan fingerprint density at radius 2 is 1.69 bits per heavy atom.